The number of nitrogens with zero attached hydrogens (tertiary/aromatic N) is 3. The van der Waals surface area contributed by atoms with Crippen LogP contribution in [0.2, 0.25) is 0 Å². The first-order valence-corrected chi connectivity index (χ1v) is 4.38. The molecule has 1 atom stereocenters. The van der Waals surface area contributed by atoms with Crippen LogP contribution in [0, 0.1) is 0 Å². The number of hydrogen-bond donors (Lipinski definition) is 1. The first-order chi connectivity index (χ1) is 4.85. The molecule has 10 heavy (non-hydrogen) atoms. The van der Waals surface area contributed by atoms with Crippen LogP contribution >= 0.6 is 11.8 Å². The molecule has 5 heteroatoms. The van der Waals surface area contributed by atoms with E-state index in [0.717, 1.165) is 12.2 Å². The quantitative estimate of drug-likeness (QED) is 0.376. The summed E-state index contributed by atoms with van der Waals surface area (Å²) in [5.41, 5.74) is 8.01. The van der Waals surface area contributed by atoms with E-state index >= 15 is 0 Å². The van der Waals surface area contributed by atoms with Crippen molar-refractivity contribution in [3.63, 3.8) is 0 Å². The Labute approximate surface area is 64.3 Å². The van der Waals surface area contributed by atoms with Crippen LogP contribution in [0.15, 0.2) is 5.11 Å². The lowest BCUT2D eigenvalue weighted by Gasteiger charge is -2.03. The van der Waals surface area contributed by atoms with E-state index in [-0.39, 0.29) is 12.6 Å². The summed E-state index contributed by atoms with van der Waals surface area (Å²) in [5, 5.41) is 12.0. The minimum absolute atomic E-state index is 0.0510. The van der Waals surface area contributed by atoms with Gasteiger partial charge in [0.25, 0.3) is 0 Å². The maximum Gasteiger partial charge on any atom is 0.0613 e. The first-order valence-electron chi connectivity index (χ1n) is 2.99. The van der Waals surface area contributed by atoms with Crippen LogP contribution in [0.1, 0.15) is 6.42 Å². The Balaban J connectivity index is 3.49. The van der Waals surface area contributed by atoms with Gasteiger partial charge in [-0.3, -0.25) is 0 Å². The summed E-state index contributed by atoms with van der Waals surface area (Å²) in [7, 11) is 0. The average molecular weight is 161 g/mol. The number of azide groups is 1. The van der Waals surface area contributed by atoms with E-state index in [2.05, 4.69) is 10.0 Å². The summed E-state index contributed by atoms with van der Waals surface area (Å²) >= 11 is 1.68. The fourth-order valence-corrected chi connectivity index (χ4v) is 1.02. The molecule has 0 saturated heterocycles. The molecule has 1 N–H and O–H groups in total. The van der Waals surface area contributed by atoms with Crippen molar-refractivity contribution in [2.24, 2.45) is 5.11 Å². The molecule has 0 amide bonds. The Hall–Kier alpha value is -0.380. The summed E-state index contributed by atoms with van der Waals surface area (Å²) in [5.74, 6) is 0.921. The molecule has 0 aromatic heterocycles. The van der Waals surface area contributed by atoms with Crippen molar-refractivity contribution in [1.82, 2.24) is 0 Å². The molecule has 0 rings (SSSR count). The molecular formula is C5H11N3OS. The Morgan fingerprint density at radius 2 is 2.50 bits per heavy atom. The normalized spacial score (nSPS) is 12.2. The third kappa shape index (κ3) is 4.49. The number of hydrogen-bond acceptors (Lipinski definition) is 3. The highest BCUT2D eigenvalue weighted by Gasteiger charge is 2.01. The lowest BCUT2D eigenvalue weighted by molar-refractivity contribution is 0.263. The predicted molar refractivity (Wildman–Crippen MR) is 43.0 cm³/mol. The summed E-state index contributed by atoms with van der Waals surface area (Å²) < 4.78 is 0. The van der Waals surface area contributed by atoms with Gasteiger partial charge in [-0.25, -0.2) is 0 Å². The fraction of sp³-hybridized carbons (Fsp3) is 1.00. The van der Waals surface area contributed by atoms with Crippen LogP contribution in [0.3, 0.4) is 0 Å². The van der Waals surface area contributed by atoms with Crippen LogP contribution in [0.25, 0.3) is 10.4 Å². The Kier molecular flexibility index (Phi) is 6.48. The zero-order chi connectivity index (χ0) is 7.82. The molecule has 0 saturated carbocycles. The highest BCUT2D eigenvalue weighted by atomic mass is 32.2. The number of rotatable bonds is 5. The highest BCUT2D eigenvalue weighted by molar-refractivity contribution is 7.98. The molecule has 0 aromatic carbocycles. The molecule has 0 spiro atoms. The largest absolute Gasteiger partial charge is 0.396 e. The van der Waals surface area contributed by atoms with E-state index in [1.54, 1.807) is 11.8 Å². The molecule has 1 unspecified atom stereocenters. The highest BCUT2D eigenvalue weighted by Crippen LogP contribution is 2.03. The maximum atomic E-state index is 8.61. The van der Waals surface area contributed by atoms with Gasteiger partial charge >= 0.3 is 0 Å². The van der Waals surface area contributed by atoms with Crippen molar-refractivity contribution < 1.29 is 5.11 Å². The summed E-state index contributed by atoms with van der Waals surface area (Å²) in [6.07, 6.45) is 2.73. The van der Waals surface area contributed by atoms with Gasteiger partial charge < -0.3 is 5.11 Å². The summed E-state index contributed by atoms with van der Waals surface area (Å²) in [6, 6.07) is -0.238. The van der Waals surface area contributed by atoms with E-state index in [1.807, 2.05) is 6.26 Å². The molecular weight excluding hydrogens is 150 g/mol. The lowest BCUT2D eigenvalue weighted by atomic mass is 10.3. The van der Waals surface area contributed by atoms with E-state index in [1.165, 1.54) is 0 Å². The standard InChI is InChI=1S/C5H11N3OS/c1-10-3-2-5(4-9)7-8-6/h5,9H,2-4H2,1H3. The molecule has 4 nitrogen and oxygen atoms in total. The molecule has 0 bridgehead atoms. The van der Waals surface area contributed by atoms with Crippen molar-refractivity contribution in [3.8, 4) is 0 Å². The Morgan fingerprint density at radius 3 is 2.90 bits per heavy atom. The molecule has 58 valence electrons. The van der Waals surface area contributed by atoms with Crippen molar-refractivity contribution in [2.45, 2.75) is 12.5 Å². The van der Waals surface area contributed by atoms with Gasteiger partial charge in [0.2, 0.25) is 0 Å². The van der Waals surface area contributed by atoms with Crippen LogP contribution in [0.4, 0.5) is 0 Å². The van der Waals surface area contributed by atoms with Crippen molar-refractivity contribution in [3.05, 3.63) is 10.4 Å². The van der Waals surface area contributed by atoms with Crippen molar-refractivity contribution >= 4 is 11.8 Å². The Bertz CT molecular complexity index is 124. The molecule has 0 aliphatic rings. The predicted octanol–water partition coefficient (Wildman–Crippen LogP) is 1.41. The van der Waals surface area contributed by atoms with Crippen molar-refractivity contribution in [2.75, 3.05) is 18.6 Å². The molecule has 0 radical (unpaired) electrons. The minimum atomic E-state index is -0.238. The van der Waals surface area contributed by atoms with E-state index in [9.17, 15) is 0 Å². The topological polar surface area (TPSA) is 69.0 Å². The van der Waals surface area contributed by atoms with Crippen LogP contribution < -0.4 is 0 Å². The third-order valence-electron chi connectivity index (χ3n) is 1.08. The summed E-state index contributed by atoms with van der Waals surface area (Å²) in [4.78, 5) is 2.62. The van der Waals surface area contributed by atoms with Gasteiger partial charge in [0, 0.05) is 4.91 Å². The average Bonchev–Trinajstić information content (AvgIpc) is 1.98. The van der Waals surface area contributed by atoms with Gasteiger partial charge in [0.05, 0.1) is 12.6 Å². The molecule has 0 aromatic rings. The molecule has 0 aliphatic heterocycles. The monoisotopic (exact) mass is 161 g/mol. The number of aliphatic hydroxyl groups is 1. The first kappa shape index (κ1) is 9.62. The Morgan fingerprint density at radius 1 is 1.80 bits per heavy atom. The minimum Gasteiger partial charge on any atom is -0.396 e. The second kappa shape index (κ2) is 6.74. The zero-order valence-corrected chi connectivity index (χ0v) is 6.71. The smallest absolute Gasteiger partial charge is 0.0613 e. The second-order valence-electron chi connectivity index (χ2n) is 1.82. The van der Waals surface area contributed by atoms with Crippen LogP contribution in [0.5, 0.6) is 0 Å². The van der Waals surface area contributed by atoms with Gasteiger partial charge in [-0.2, -0.15) is 11.8 Å². The molecule has 0 fully saturated rings. The van der Waals surface area contributed by atoms with Crippen LogP contribution in [-0.2, 0) is 0 Å². The maximum absolute atomic E-state index is 8.61. The van der Waals surface area contributed by atoms with Gasteiger partial charge in [-0.05, 0) is 24.0 Å². The summed E-state index contributed by atoms with van der Waals surface area (Å²) in [6.45, 7) is -0.0510. The lowest BCUT2D eigenvalue weighted by Crippen LogP contribution is -2.09. The van der Waals surface area contributed by atoms with Crippen molar-refractivity contribution in [1.29, 1.82) is 0 Å². The van der Waals surface area contributed by atoms with Gasteiger partial charge in [-0.1, -0.05) is 5.11 Å². The van der Waals surface area contributed by atoms with Gasteiger partial charge in [-0.15, -0.1) is 0 Å². The third-order valence-corrected chi connectivity index (χ3v) is 1.72. The van der Waals surface area contributed by atoms with Gasteiger partial charge in [0.1, 0.15) is 0 Å². The number of thioether (sulfide) groups is 1. The zero-order valence-electron chi connectivity index (χ0n) is 5.90. The molecule has 0 aliphatic carbocycles. The van der Waals surface area contributed by atoms with E-state index in [4.69, 9.17) is 10.6 Å². The van der Waals surface area contributed by atoms with Gasteiger partial charge in [0.15, 0.2) is 0 Å². The molecule has 0 heterocycles. The number of aliphatic hydroxyl groups excluding tert-OH is 1. The van der Waals surface area contributed by atoms with E-state index < -0.39 is 0 Å². The van der Waals surface area contributed by atoms with E-state index in [0.29, 0.717) is 0 Å². The second-order valence-corrected chi connectivity index (χ2v) is 2.81. The SMILES string of the molecule is CSCCC(CO)N=[N+]=[N-]. The van der Waals surface area contributed by atoms with Crippen LogP contribution in [-0.4, -0.2) is 29.8 Å². The fourth-order valence-electron chi connectivity index (χ4n) is 0.512.